The summed E-state index contributed by atoms with van der Waals surface area (Å²) in [5, 5.41) is 0.775. The maximum absolute atomic E-state index is 13.2. The second-order valence-corrected chi connectivity index (χ2v) is 7.36. The van der Waals surface area contributed by atoms with Crippen molar-refractivity contribution in [1.29, 1.82) is 0 Å². The van der Waals surface area contributed by atoms with Crippen LogP contribution in [-0.2, 0) is 19.5 Å². The summed E-state index contributed by atoms with van der Waals surface area (Å²) < 4.78 is 1.63. The predicted octanol–water partition coefficient (Wildman–Crippen LogP) is 0.363. The molecule has 124 valence electrons. The molecule has 3 heterocycles. The SMILES string of the molecule is C[NH+]1CCc2c(sc3nc(NN)n(Cc4ccccc4)c(=O)c23)C1. The van der Waals surface area contributed by atoms with Gasteiger partial charge in [0.15, 0.2) is 0 Å². The lowest BCUT2D eigenvalue weighted by atomic mass is 10.1. The zero-order valence-electron chi connectivity index (χ0n) is 13.5. The molecule has 0 bridgehead atoms. The largest absolute Gasteiger partial charge is 0.333 e. The van der Waals surface area contributed by atoms with Gasteiger partial charge in [-0.3, -0.25) is 14.8 Å². The van der Waals surface area contributed by atoms with Crippen LogP contribution < -0.4 is 21.7 Å². The Morgan fingerprint density at radius 3 is 2.92 bits per heavy atom. The van der Waals surface area contributed by atoms with E-state index in [0.29, 0.717) is 12.5 Å². The third-order valence-electron chi connectivity index (χ3n) is 4.57. The fraction of sp³-hybridized carbons (Fsp3) is 0.294. The highest BCUT2D eigenvalue weighted by Crippen LogP contribution is 2.30. The van der Waals surface area contributed by atoms with E-state index >= 15 is 0 Å². The van der Waals surface area contributed by atoms with E-state index in [1.165, 1.54) is 15.3 Å². The first-order valence-electron chi connectivity index (χ1n) is 8.04. The molecule has 1 unspecified atom stereocenters. The molecule has 7 heteroatoms. The summed E-state index contributed by atoms with van der Waals surface area (Å²) in [6.07, 6.45) is 0.929. The van der Waals surface area contributed by atoms with Crippen LogP contribution in [0.2, 0.25) is 0 Å². The zero-order valence-corrected chi connectivity index (χ0v) is 14.3. The Morgan fingerprint density at radius 2 is 2.17 bits per heavy atom. The van der Waals surface area contributed by atoms with E-state index in [4.69, 9.17) is 5.84 Å². The first kappa shape index (κ1) is 15.3. The van der Waals surface area contributed by atoms with Crippen LogP contribution >= 0.6 is 11.3 Å². The number of aromatic nitrogens is 2. The van der Waals surface area contributed by atoms with Crippen molar-refractivity contribution in [2.75, 3.05) is 19.0 Å². The third-order valence-corrected chi connectivity index (χ3v) is 5.70. The molecule has 3 aromatic rings. The number of rotatable bonds is 3. The number of nitrogen functional groups attached to an aromatic ring is 1. The number of hydrogen-bond acceptors (Lipinski definition) is 5. The monoisotopic (exact) mass is 342 g/mol. The Kier molecular flexibility index (Phi) is 3.84. The summed E-state index contributed by atoms with van der Waals surface area (Å²) in [7, 11) is 2.18. The van der Waals surface area contributed by atoms with Gasteiger partial charge in [-0.2, -0.15) is 0 Å². The van der Waals surface area contributed by atoms with Crippen LogP contribution in [0.3, 0.4) is 0 Å². The molecule has 1 aromatic carbocycles. The summed E-state index contributed by atoms with van der Waals surface area (Å²) in [6, 6.07) is 9.89. The van der Waals surface area contributed by atoms with E-state index < -0.39 is 0 Å². The van der Waals surface area contributed by atoms with E-state index in [1.807, 2.05) is 30.3 Å². The van der Waals surface area contributed by atoms with Crippen molar-refractivity contribution in [3.8, 4) is 0 Å². The molecule has 1 aliphatic heterocycles. The van der Waals surface area contributed by atoms with Gasteiger partial charge in [-0.05, 0) is 11.1 Å². The summed E-state index contributed by atoms with van der Waals surface area (Å²) in [5.41, 5.74) is 4.82. The van der Waals surface area contributed by atoms with Gasteiger partial charge in [-0.1, -0.05) is 30.3 Å². The lowest BCUT2D eigenvalue weighted by Gasteiger charge is -2.19. The van der Waals surface area contributed by atoms with Crippen LogP contribution in [0.15, 0.2) is 35.1 Å². The van der Waals surface area contributed by atoms with Gasteiger partial charge in [0.2, 0.25) is 5.95 Å². The van der Waals surface area contributed by atoms with Gasteiger partial charge in [0, 0.05) is 6.42 Å². The smallest absolute Gasteiger partial charge is 0.264 e. The van der Waals surface area contributed by atoms with Crippen molar-refractivity contribution < 1.29 is 4.90 Å². The maximum Gasteiger partial charge on any atom is 0.264 e. The van der Waals surface area contributed by atoms with Crippen LogP contribution in [0.4, 0.5) is 5.95 Å². The van der Waals surface area contributed by atoms with Gasteiger partial charge in [-0.25, -0.2) is 10.8 Å². The molecule has 24 heavy (non-hydrogen) atoms. The number of likely N-dealkylation sites (N-methyl/N-ethyl adjacent to an activating group) is 1. The van der Waals surface area contributed by atoms with Crippen molar-refractivity contribution in [2.45, 2.75) is 19.5 Å². The molecule has 0 aliphatic carbocycles. The van der Waals surface area contributed by atoms with Crippen molar-refractivity contribution in [3.05, 3.63) is 56.7 Å². The Morgan fingerprint density at radius 1 is 1.38 bits per heavy atom. The standard InChI is InChI=1S/C17H19N5OS/c1-21-8-7-12-13(10-21)24-15-14(12)16(23)22(17(19-15)20-18)9-11-5-3-2-4-6-11/h2-6H,7-10,18H2,1H3,(H,19,20)/p+1. The van der Waals surface area contributed by atoms with Gasteiger partial charge < -0.3 is 4.90 Å². The number of anilines is 1. The lowest BCUT2D eigenvalue weighted by Crippen LogP contribution is -3.08. The molecule has 0 saturated carbocycles. The molecule has 4 rings (SSSR count). The number of thiophene rings is 1. The van der Waals surface area contributed by atoms with Crippen molar-refractivity contribution in [1.82, 2.24) is 9.55 Å². The van der Waals surface area contributed by atoms with Gasteiger partial charge in [-0.15, -0.1) is 11.3 Å². The average molecular weight is 342 g/mol. The summed E-state index contributed by atoms with van der Waals surface area (Å²) in [4.78, 5) is 21.3. The Bertz CT molecular complexity index is 947. The Balaban J connectivity index is 1.90. The number of nitrogens with zero attached hydrogens (tertiary/aromatic N) is 2. The number of hydrogen-bond donors (Lipinski definition) is 3. The molecule has 0 saturated heterocycles. The average Bonchev–Trinajstić information content (AvgIpc) is 2.95. The second kappa shape index (κ2) is 6.01. The third kappa shape index (κ3) is 2.50. The highest BCUT2D eigenvalue weighted by molar-refractivity contribution is 7.18. The fourth-order valence-corrected chi connectivity index (χ4v) is 4.64. The number of nitrogens with one attached hydrogen (secondary N) is 2. The molecule has 6 nitrogen and oxygen atoms in total. The second-order valence-electron chi connectivity index (χ2n) is 6.27. The Hall–Kier alpha value is -2.22. The first-order chi connectivity index (χ1) is 11.7. The van der Waals surface area contributed by atoms with Gasteiger partial charge >= 0.3 is 0 Å². The quantitative estimate of drug-likeness (QED) is 0.475. The van der Waals surface area contributed by atoms with E-state index in [-0.39, 0.29) is 5.56 Å². The van der Waals surface area contributed by atoms with E-state index in [9.17, 15) is 4.79 Å². The molecule has 1 atom stereocenters. The fourth-order valence-electron chi connectivity index (χ4n) is 3.32. The van der Waals surface area contributed by atoms with Gasteiger partial charge in [0.05, 0.1) is 30.4 Å². The summed E-state index contributed by atoms with van der Waals surface area (Å²) >= 11 is 1.62. The zero-order chi connectivity index (χ0) is 16.7. The minimum absolute atomic E-state index is 0.00569. The molecule has 1 aliphatic rings. The minimum Gasteiger partial charge on any atom is -0.333 e. The van der Waals surface area contributed by atoms with Gasteiger partial charge in [0.1, 0.15) is 11.4 Å². The highest BCUT2D eigenvalue weighted by Gasteiger charge is 2.25. The van der Waals surface area contributed by atoms with Crippen LogP contribution in [0, 0.1) is 0 Å². The minimum atomic E-state index is -0.00569. The van der Waals surface area contributed by atoms with Crippen LogP contribution in [0.5, 0.6) is 0 Å². The number of fused-ring (bicyclic) bond motifs is 3. The normalized spacial score (nSPS) is 17.0. The van der Waals surface area contributed by atoms with Crippen molar-refractivity contribution in [2.24, 2.45) is 5.84 Å². The van der Waals surface area contributed by atoms with E-state index in [2.05, 4.69) is 17.5 Å². The van der Waals surface area contributed by atoms with Crippen molar-refractivity contribution in [3.63, 3.8) is 0 Å². The molecular weight excluding hydrogens is 322 g/mol. The topological polar surface area (TPSA) is 77.4 Å². The molecule has 0 amide bonds. The van der Waals surface area contributed by atoms with Crippen LogP contribution in [0.25, 0.3) is 10.2 Å². The lowest BCUT2D eigenvalue weighted by molar-refractivity contribution is -0.895. The number of quaternary nitrogens is 1. The Labute approximate surface area is 143 Å². The number of nitrogens with two attached hydrogens (primary N) is 1. The highest BCUT2D eigenvalue weighted by atomic mass is 32.1. The number of hydrazine groups is 1. The molecular formula is C17H20N5OS+. The first-order valence-corrected chi connectivity index (χ1v) is 8.86. The summed E-state index contributed by atoms with van der Waals surface area (Å²) in [6.45, 7) is 2.46. The molecule has 4 N–H and O–H groups in total. The molecule has 0 spiro atoms. The predicted molar refractivity (Wildman–Crippen MR) is 96.4 cm³/mol. The molecule has 0 radical (unpaired) electrons. The van der Waals surface area contributed by atoms with Crippen LogP contribution in [0.1, 0.15) is 16.0 Å². The van der Waals surface area contributed by atoms with Crippen LogP contribution in [-0.4, -0.2) is 23.1 Å². The molecule has 0 fully saturated rings. The van der Waals surface area contributed by atoms with E-state index in [0.717, 1.165) is 35.3 Å². The maximum atomic E-state index is 13.2. The number of benzene rings is 1. The molecule has 2 aromatic heterocycles. The van der Waals surface area contributed by atoms with Gasteiger partial charge in [0.25, 0.3) is 5.56 Å². The van der Waals surface area contributed by atoms with Crippen molar-refractivity contribution >= 4 is 27.5 Å². The van der Waals surface area contributed by atoms with E-state index in [1.54, 1.807) is 15.9 Å². The summed E-state index contributed by atoms with van der Waals surface area (Å²) in [5.74, 6) is 6.05.